The van der Waals surface area contributed by atoms with E-state index in [9.17, 15) is 13.2 Å². The molecule has 0 atom stereocenters. The molecule has 1 rings (SSSR count). The summed E-state index contributed by atoms with van der Waals surface area (Å²) in [5, 5.41) is 2.48. The Hall–Kier alpha value is -1.80. The Morgan fingerprint density at radius 2 is 2.12 bits per heavy atom. The molecule has 0 aromatic heterocycles. The molecule has 0 fully saturated rings. The smallest absolute Gasteiger partial charge is 0.252 e. The highest BCUT2D eigenvalue weighted by molar-refractivity contribution is 7.90. The number of aryl methyl sites for hydroxylation is 1. The van der Waals surface area contributed by atoms with Gasteiger partial charge in [-0.2, -0.15) is 0 Å². The van der Waals surface area contributed by atoms with Crippen molar-refractivity contribution in [1.82, 2.24) is 5.32 Å². The van der Waals surface area contributed by atoms with Gasteiger partial charge < -0.3 is 5.32 Å². The molecule has 0 saturated heterocycles. The summed E-state index contributed by atoms with van der Waals surface area (Å²) in [7, 11) is -3.33. The van der Waals surface area contributed by atoms with Crippen molar-refractivity contribution in [1.29, 1.82) is 0 Å². The van der Waals surface area contributed by atoms with Gasteiger partial charge in [-0.25, -0.2) is 8.42 Å². The highest BCUT2D eigenvalue weighted by Gasteiger charge is 2.14. The molecule has 1 aromatic rings. The second-order valence-corrected chi connectivity index (χ2v) is 5.62. The first-order valence-electron chi connectivity index (χ1n) is 4.88. The average molecular weight is 251 g/mol. The Bertz CT molecular complexity index is 582. The van der Waals surface area contributed by atoms with Crippen LogP contribution in [0.15, 0.2) is 23.1 Å². The van der Waals surface area contributed by atoms with Crippen molar-refractivity contribution in [2.75, 3.05) is 12.8 Å². The number of terminal acetylenes is 1. The third-order valence-electron chi connectivity index (χ3n) is 2.20. The van der Waals surface area contributed by atoms with Crippen LogP contribution in [-0.2, 0) is 9.84 Å². The Morgan fingerprint density at radius 3 is 2.65 bits per heavy atom. The van der Waals surface area contributed by atoms with Gasteiger partial charge in [0.1, 0.15) is 0 Å². The molecule has 0 heterocycles. The van der Waals surface area contributed by atoms with Crippen molar-refractivity contribution < 1.29 is 13.2 Å². The number of amides is 1. The lowest BCUT2D eigenvalue weighted by atomic mass is 10.1. The van der Waals surface area contributed by atoms with Crippen LogP contribution in [-0.4, -0.2) is 27.1 Å². The predicted octanol–water partition coefficient (Wildman–Crippen LogP) is 0.762. The molecule has 0 spiro atoms. The summed E-state index contributed by atoms with van der Waals surface area (Å²) in [5.41, 5.74) is 0.896. The number of sulfone groups is 1. The maximum absolute atomic E-state index is 11.6. The SMILES string of the molecule is C#CCNC(=O)c1ccc(C)c(S(C)(=O)=O)c1. The molecule has 4 nitrogen and oxygen atoms in total. The minimum atomic E-state index is -3.33. The van der Waals surface area contributed by atoms with Crippen LogP contribution in [0.2, 0.25) is 0 Å². The van der Waals surface area contributed by atoms with Crippen LogP contribution in [0.4, 0.5) is 0 Å². The van der Waals surface area contributed by atoms with E-state index in [4.69, 9.17) is 6.42 Å². The Kier molecular flexibility index (Phi) is 3.92. The van der Waals surface area contributed by atoms with Gasteiger partial charge in [-0.15, -0.1) is 6.42 Å². The van der Waals surface area contributed by atoms with Crippen LogP contribution in [0.3, 0.4) is 0 Å². The molecule has 90 valence electrons. The van der Waals surface area contributed by atoms with Gasteiger partial charge in [-0.1, -0.05) is 12.0 Å². The van der Waals surface area contributed by atoms with E-state index in [0.717, 1.165) is 6.26 Å². The summed E-state index contributed by atoms with van der Waals surface area (Å²) >= 11 is 0. The number of hydrogen-bond donors (Lipinski definition) is 1. The van der Waals surface area contributed by atoms with E-state index < -0.39 is 9.84 Å². The topological polar surface area (TPSA) is 63.2 Å². The third kappa shape index (κ3) is 3.33. The average Bonchev–Trinajstić information content (AvgIpc) is 2.25. The van der Waals surface area contributed by atoms with Crippen molar-refractivity contribution in [3.8, 4) is 12.3 Å². The first-order valence-corrected chi connectivity index (χ1v) is 6.78. The Labute approximate surface area is 101 Å². The maximum Gasteiger partial charge on any atom is 0.252 e. The van der Waals surface area contributed by atoms with Crippen molar-refractivity contribution in [2.24, 2.45) is 0 Å². The maximum atomic E-state index is 11.6. The second-order valence-electron chi connectivity index (χ2n) is 3.64. The van der Waals surface area contributed by atoms with Crippen molar-refractivity contribution >= 4 is 15.7 Å². The van der Waals surface area contributed by atoms with Crippen LogP contribution in [0.25, 0.3) is 0 Å². The standard InChI is InChI=1S/C12H13NO3S/c1-4-7-13-12(14)10-6-5-9(2)11(8-10)17(3,15)16/h1,5-6,8H,7H2,2-3H3,(H,13,14). The van der Waals surface area contributed by atoms with Gasteiger partial charge in [0.25, 0.3) is 5.91 Å². The predicted molar refractivity (Wildman–Crippen MR) is 65.5 cm³/mol. The molecule has 0 bridgehead atoms. The monoisotopic (exact) mass is 251 g/mol. The molecule has 0 radical (unpaired) electrons. The zero-order valence-electron chi connectivity index (χ0n) is 9.65. The normalized spacial score (nSPS) is 10.6. The molecule has 0 aliphatic heterocycles. The molecule has 17 heavy (non-hydrogen) atoms. The minimum Gasteiger partial charge on any atom is -0.341 e. The van der Waals surface area contributed by atoms with E-state index in [0.29, 0.717) is 5.56 Å². The number of carbonyl (C=O) groups excluding carboxylic acids is 1. The lowest BCUT2D eigenvalue weighted by molar-refractivity contribution is 0.0958. The molecule has 5 heteroatoms. The Morgan fingerprint density at radius 1 is 1.47 bits per heavy atom. The minimum absolute atomic E-state index is 0.112. The van der Waals surface area contributed by atoms with E-state index in [2.05, 4.69) is 11.2 Å². The molecule has 0 aliphatic carbocycles. The first kappa shape index (κ1) is 13.3. The summed E-state index contributed by atoms with van der Waals surface area (Å²) in [4.78, 5) is 11.8. The van der Waals surface area contributed by atoms with E-state index in [-0.39, 0.29) is 22.9 Å². The molecule has 1 N–H and O–H groups in total. The quantitative estimate of drug-likeness (QED) is 0.807. The van der Waals surface area contributed by atoms with E-state index >= 15 is 0 Å². The summed E-state index contributed by atoms with van der Waals surface area (Å²) in [6.07, 6.45) is 6.13. The molecule has 1 aromatic carbocycles. The Balaban J connectivity index is 3.14. The van der Waals surface area contributed by atoms with Crippen molar-refractivity contribution in [3.05, 3.63) is 29.3 Å². The summed E-state index contributed by atoms with van der Waals surface area (Å²) in [6.45, 7) is 1.79. The third-order valence-corrected chi connectivity index (χ3v) is 3.44. The highest BCUT2D eigenvalue weighted by atomic mass is 32.2. The van der Waals surface area contributed by atoms with Crippen LogP contribution in [0.1, 0.15) is 15.9 Å². The van der Waals surface area contributed by atoms with Crippen molar-refractivity contribution in [2.45, 2.75) is 11.8 Å². The van der Waals surface area contributed by atoms with E-state index in [1.807, 2.05) is 0 Å². The zero-order chi connectivity index (χ0) is 13.1. The molecular formula is C12H13NO3S. The van der Waals surface area contributed by atoms with Gasteiger partial charge in [0.05, 0.1) is 11.4 Å². The van der Waals surface area contributed by atoms with Gasteiger partial charge in [0, 0.05) is 11.8 Å². The van der Waals surface area contributed by atoms with Crippen LogP contribution >= 0.6 is 0 Å². The van der Waals surface area contributed by atoms with Gasteiger partial charge in [-0.05, 0) is 24.6 Å². The summed E-state index contributed by atoms with van der Waals surface area (Å²) in [6, 6.07) is 4.52. The highest BCUT2D eigenvalue weighted by Crippen LogP contribution is 2.16. The van der Waals surface area contributed by atoms with E-state index in [1.54, 1.807) is 19.1 Å². The largest absolute Gasteiger partial charge is 0.341 e. The van der Waals surface area contributed by atoms with Gasteiger partial charge in [-0.3, -0.25) is 4.79 Å². The molecule has 0 saturated carbocycles. The number of nitrogens with one attached hydrogen (secondary N) is 1. The molecule has 0 aliphatic rings. The lowest BCUT2D eigenvalue weighted by Gasteiger charge is -2.07. The molecule has 1 amide bonds. The number of carbonyl (C=O) groups is 1. The van der Waals surface area contributed by atoms with E-state index in [1.165, 1.54) is 6.07 Å². The zero-order valence-corrected chi connectivity index (χ0v) is 10.5. The first-order chi connectivity index (χ1) is 7.86. The number of benzene rings is 1. The number of hydrogen-bond acceptors (Lipinski definition) is 3. The summed E-state index contributed by atoms with van der Waals surface area (Å²) in [5.74, 6) is 1.89. The molecular weight excluding hydrogens is 238 g/mol. The molecule has 0 unspecified atom stereocenters. The van der Waals surface area contributed by atoms with Crippen LogP contribution in [0, 0.1) is 19.3 Å². The van der Waals surface area contributed by atoms with Crippen LogP contribution in [0.5, 0.6) is 0 Å². The van der Waals surface area contributed by atoms with Gasteiger partial charge in [0.2, 0.25) is 0 Å². The van der Waals surface area contributed by atoms with Crippen molar-refractivity contribution in [3.63, 3.8) is 0 Å². The van der Waals surface area contributed by atoms with Crippen LogP contribution < -0.4 is 5.32 Å². The van der Waals surface area contributed by atoms with Gasteiger partial charge >= 0.3 is 0 Å². The number of rotatable bonds is 3. The fourth-order valence-corrected chi connectivity index (χ4v) is 2.37. The van der Waals surface area contributed by atoms with Gasteiger partial charge in [0.15, 0.2) is 9.84 Å². The fourth-order valence-electron chi connectivity index (χ4n) is 1.37. The second kappa shape index (κ2) is 5.02. The fraction of sp³-hybridized carbons (Fsp3) is 0.250. The lowest BCUT2D eigenvalue weighted by Crippen LogP contribution is -2.23. The summed E-state index contributed by atoms with van der Waals surface area (Å²) < 4.78 is 23.0.